The number of ether oxygens (including phenoxy) is 7. The number of carbonyl (C=O) groups excluding carboxylic acids is 1. The lowest BCUT2D eigenvalue weighted by molar-refractivity contribution is -0.314. The Balaban J connectivity index is 1.69. The highest BCUT2D eigenvalue weighted by atomic mass is 32.1. The third kappa shape index (κ3) is 13.3. The highest BCUT2D eigenvalue weighted by molar-refractivity contribution is 7.09. The van der Waals surface area contributed by atoms with Crippen molar-refractivity contribution < 1.29 is 68.3 Å². The first-order valence-corrected chi connectivity index (χ1v) is 23.1. The van der Waals surface area contributed by atoms with E-state index in [1.165, 1.54) is 14.0 Å². The van der Waals surface area contributed by atoms with Gasteiger partial charge in [-0.1, -0.05) is 32.9 Å². The van der Waals surface area contributed by atoms with E-state index in [0.717, 1.165) is 5.01 Å². The Kier molecular flexibility index (Phi) is 19.6. The van der Waals surface area contributed by atoms with Crippen LogP contribution in [0.4, 0.5) is 0 Å². The molecule has 4 rings (SSSR count). The van der Waals surface area contributed by atoms with Gasteiger partial charge in [0.05, 0.1) is 73.1 Å². The van der Waals surface area contributed by atoms with E-state index in [0.29, 0.717) is 38.2 Å². The molecule has 0 unspecified atom stereocenters. The van der Waals surface area contributed by atoms with Gasteiger partial charge in [-0.3, -0.25) is 9.69 Å². The van der Waals surface area contributed by atoms with Crippen molar-refractivity contribution in [2.75, 3.05) is 40.5 Å². The lowest BCUT2D eigenvalue weighted by atomic mass is 9.73. The maximum absolute atomic E-state index is 14.3. The van der Waals surface area contributed by atoms with Crippen LogP contribution < -0.4 is 0 Å². The molecule has 5 N–H and O–H groups in total. The number of hydrogen-bond donors (Lipinski definition) is 5. The molecular weight excluding hydrogens is 827 g/mol. The van der Waals surface area contributed by atoms with Gasteiger partial charge in [-0.05, 0) is 74.3 Å². The van der Waals surface area contributed by atoms with Crippen molar-refractivity contribution in [3.63, 3.8) is 0 Å². The smallest absolute Gasteiger partial charge is 0.311 e. The number of oxime groups is 1. The molecule has 17 atom stereocenters. The second kappa shape index (κ2) is 23.0. The molecule has 1 aromatic heterocycles. The minimum atomic E-state index is -1.96. The summed E-state index contributed by atoms with van der Waals surface area (Å²) in [4.78, 5) is 26.6. The van der Waals surface area contributed by atoms with E-state index in [9.17, 15) is 30.3 Å². The number of hydrogen-bond acceptors (Lipinski definition) is 18. The van der Waals surface area contributed by atoms with Gasteiger partial charge in [-0.25, -0.2) is 4.98 Å². The normalized spacial score (nSPS) is 42.4. The van der Waals surface area contributed by atoms with Gasteiger partial charge in [0.25, 0.3) is 0 Å². The average Bonchev–Trinajstić information content (AvgIpc) is 3.73. The first-order valence-electron chi connectivity index (χ1n) is 22.3. The Morgan fingerprint density at radius 3 is 2.31 bits per heavy atom. The molecule has 358 valence electrons. The number of aliphatic hydroxyl groups is 5. The molecule has 0 saturated carbocycles. The second-order valence-electron chi connectivity index (χ2n) is 18.6. The monoisotopic (exact) mass is 904 g/mol. The summed E-state index contributed by atoms with van der Waals surface area (Å²) >= 11 is 1.60. The van der Waals surface area contributed by atoms with Gasteiger partial charge < -0.3 is 63.5 Å². The number of nitrogens with zero attached hydrogens (tertiary/aromatic N) is 3. The summed E-state index contributed by atoms with van der Waals surface area (Å²) in [5.41, 5.74) is -4.40. The van der Waals surface area contributed by atoms with Crippen LogP contribution in [0.2, 0.25) is 0 Å². The predicted octanol–water partition coefficient (Wildman–Crippen LogP) is 3.65. The van der Waals surface area contributed by atoms with Crippen molar-refractivity contribution in [2.24, 2.45) is 28.8 Å². The summed E-state index contributed by atoms with van der Waals surface area (Å²) < 4.78 is 43.3. The van der Waals surface area contributed by atoms with Gasteiger partial charge in [0.2, 0.25) is 0 Å². The van der Waals surface area contributed by atoms with E-state index >= 15 is 0 Å². The number of aliphatic hydroxyl groups excluding tert-OH is 3. The Morgan fingerprint density at radius 2 is 1.66 bits per heavy atom. The summed E-state index contributed by atoms with van der Waals surface area (Å²) in [7, 11) is 3.49. The second-order valence-corrected chi connectivity index (χ2v) is 19.6. The van der Waals surface area contributed by atoms with Crippen molar-refractivity contribution in [3.05, 3.63) is 16.6 Å². The molecule has 3 saturated heterocycles. The van der Waals surface area contributed by atoms with Crippen LogP contribution in [0.15, 0.2) is 16.7 Å². The van der Waals surface area contributed by atoms with E-state index < -0.39 is 102 Å². The number of methoxy groups -OCH3 is 1. The zero-order valence-electron chi connectivity index (χ0n) is 39.0. The van der Waals surface area contributed by atoms with Crippen molar-refractivity contribution >= 4 is 23.0 Å². The SMILES string of the molecule is CC[C@H]1OC(=O)[C@H](C)[C@@H](O[C@H]2C[C@@](C)(OC)[C@@H](O)[C@H](C)O2)[C@H](C)[C@@H](O[C@@H]2O[C@H](C)CC[C@H]2O)[C@](C)(O)C[C@@H](C)/C(=N\OCCOCCN(C)Cc2nccs2)[C@H](C)[C@@H](O)[C@]1(C)O. The molecular formula is C44H77N3O14S. The fourth-order valence-electron chi connectivity index (χ4n) is 9.17. The Bertz CT molecular complexity index is 1540. The first-order chi connectivity index (χ1) is 29.1. The van der Waals surface area contributed by atoms with Crippen LogP contribution in [0, 0.1) is 23.7 Å². The topological polar surface area (TPSA) is 221 Å². The molecule has 4 heterocycles. The summed E-state index contributed by atoms with van der Waals surface area (Å²) in [5, 5.41) is 66.3. The minimum absolute atomic E-state index is 0.00262. The van der Waals surface area contributed by atoms with Crippen LogP contribution in [0.25, 0.3) is 0 Å². The maximum atomic E-state index is 14.3. The number of thiazole rings is 1. The van der Waals surface area contributed by atoms with E-state index in [4.69, 9.17) is 38.0 Å². The molecule has 3 aliphatic heterocycles. The number of cyclic esters (lactones) is 1. The van der Waals surface area contributed by atoms with Crippen molar-refractivity contribution in [1.29, 1.82) is 0 Å². The molecule has 3 aliphatic rings. The lowest BCUT2D eigenvalue weighted by Crippen LogP contribution is -2.60. The molecule has 0 radical (unpaired) electrons. The molecule has 0 amide bonds. The van der Waals surface area contributed by atoms with Crippen molar-refractivity contribution in [1.82, 2.24) is 9.88 Å². The fourth-order valence-corrected chi connectivity index (χ4v) is 9.87. The zero-order chi connectivity index (χ0) is 46.2. The Morgan fingerprint density at radius 1 is 0.952 bits per heavy atom. The Hall–Kier alpha value is -1.91. The van der Waals surface area contributed by atoms with Gasteiger partial charge in [0.15, 0.2) is 12.6 Å². The lowest BCUT2D eigenvalue weighted by Gasteiger charge is -2.48. The molecule has 1 aromatic rings. The summed E-state index contributed by atoms with van der Waals surface area (Å²) in [6.45, 7) is 19.2. The minimum Gasteiger partial charge on any atom is -0.459 e. The van der Waals surface area contributed by atoms with Gasteiger partial charge >= 0.3 is 5.97 Å². The average molecular weight is 904 g/mol. The van der Waals surface area contributed by atoms with Gasteiger partial charge in [-0.2, -0.15) is 0 Å². The number of aromatic nitrogens is 1. The molecule has 0 bridgehead atoms. The standard InChI is InChI=1S/C44H77N3O14S/c1-13-32-44(10,53)37(49)27(4)35(46-56-20-19-55-18-17-47(11)24-33-45-16-21-62-33)25(2)22-42(8,52)39(61-41-31(48)15-14-26(3)57-41)28(5)36(29(6)40(51)59-32)60-34-23-43(9,54-12)38(50)30(7)58-34/h16,21,25-32,34,36-39,41,48-50,52-53H,13-15,17-20,22-24H2,1-12H3/b46-35+/t25-,26-,27+,28+,29-,30+,31-,32-,34+,36+,37-,38+,39-,41+,42-,43-,44-/m1/s1. The molecule has 0 aromatic carbocycles. The van der Waals surface area contributed by atoms with Gasteiger partial charge in [0, 0.05) is 49.4 Å². The number of likely N-dealkylation sites (N-methyl/N-ethyl adjacent to an activating group) is 1. The first kappa shape index (κ1) is 52.7. The largest absolute Gasteiger partial charge is 0.459 e. The summed E-state index contributed by atoms with van der Waals surface area (Å²) in [5.74, 6) is -4.03. The third-order valence-electron chi connectivity index (χ3n) is 13.1. The van der Waals surface area contributed by atoms with Gasteiger partial charge in [-0.15, -0.1) is 11.3 Å². The van der Waals surface area contributed by atoms with Crippen molar-refractivity contribution in [3.8, 4) is 0 Å². The van der Waals surface area contributed by atoms with Crippen LogP contribution in [0.1, 0.15) is 106 Å². The molecule has 17 nitrogen and oxygen atoms in total. The molecule has 0 spiro atoms. The number of esters is 1. The molecule has 0 aliphatic carbocycles. The molecule has 3 fully saturated rings. The van der Waals surface area contributed by atoms with E-state index in [-0.39, 0.29) is 38.6 Å². The Labute approximate surface area is 372 Å². The third-order valence-corrected chi connectivity index (χ3v) is 13.9. The van der Waals surface area contributed by atoms with Crippen LogP contribution in [0.5, 0.6) is 0 Å². The van der Waals surface area contributed by atoms with Crippen LogP contribution in [0.3, 0.4) is 0 Å². The molecule has 62 heavy (non-hydrogen) atoms. The number of carbonyl (C=O) groups is 1. The van der Waals surface area contributed by atoms with E-state index in [1.807, 2.05) is 26.3 Å². The highest BCUT2D eigenvalue weighted by Crippen LogP contribution is 2.41. The highest BCUT2D eigenvalue weighted by Gasteiger charge is 2.53. The number of rotatable bonds is 15. The maximum Gasteiger partial charge on any atom is 0.311 e. The zero-order valence-corrected chi connectivity index (χ0v) is 39.8. The van der Waals surface area contributed by atoms with Crippen LogP contribution in [-0.4, -0.2) is 166 Å². The quantitative estimate of drug-likeness (QED) is 0.0964. The molecule has 18 heteroatoms. The van der Waals surface area contributed by atoms with Crippen molar-refractivity contribution in [2.45, 2.75) is 186 Å². The van der Waals surface area contributed by atoms with Gasteiger partial charge in [0.1, 0.15) is 35.5 Å². The van der Waals surface area contributed by atoms with E-state index in [1.54, 1.807) is 66.0 Å². The van der Waals surface area contributed by atoms with Crippen LogP contribution in [-0.2, 0) is 49.3 Å². The predicted molar refractivity (Wildman–Crippen MR) is 231 cm³/mol. The fraction of sp³-hybridized carbons (Fsp3) is 0.886. The summed E-state index contributed by atoms with van der Waals surface area (Å²) in [6.07, 6.45) is -6.80. The van der Waals surface area contributed by atoms with E-state index in [2.05, 4.69) is 15.0 Å². The summed E-state index contributed by atoms with van der Waals surface area (Å²) in [6, 6.07) is 0. The van der Waals surface area contributed by atoms with Crippen LogP contribution >= 0.6 is 11.3 Å².